The van der Waals surface area contributed by atoms with E-state index < -0.39 is 0 Å². The Morgan fingerprint density at radius 1 is 1.00 bits per heavy atom. The zero-order chi connectivity index (χ0) is 13.5. The molecule has 19 heavy (non-hydrogen) atoms. The molecule has 0 spiro atoms. The van der Waals surface area contributed by atoms with Crippen molar-refractivity contribution in [3.8, 4) is 11.8 Å². The van der Waals surface area contributed by atoms with Gasteiger partial charge in [0.2, 0.25) is 0 Å². The van der Waals surface area contributed by atoms with Crippen LogP contribution in [0.15, 0.2) is 54.6 Å². The number of phenolic OH excluding ortho intramolecular Hbond substituents is 1. The van der Waals surface area contributed by atoms with E-state index in [-0.39, 0.29) is 11.7 Å². The molecule has 0 aromatic heterocycles. The predicted molar refractivity (Wildman–Crippen MR) is 75.7 cm³/mol. The van der Waals surface area contributed by atoms with Crippen LogP contribution < -0.4 is 0 Å². The first-order valence-corrected chi connectivity index (χ1v) is 6.50. The highest BCUT2D eigenvalue weighted by atomic mass is 16.3. The number of phenols is 1. The Bertz CT molecular complexity index is 557. The second kappa shape index (κ2) is 6.61. The maximum Gasteiger partial charge on any atom is 0.118 e. The van der Waals surface area contributed by atoms with E-state index in [4.69, 9.17) is 0 Å². The van der Waals surface area contributed by atoms with E-state index in [1.807, 2.05) is 30.3 Å². The van der Waals surface area contributed by atoms with Crippen molar-refractivity contribution in [3.05, 3.63) is 65.7 Å². The van der Waals surface area contributed by atoms with Crippen LogP contribution in [-0.4, -0.2) is 5.11 Å². The first-order valence-electron chi connectivity index (χ1n) is 6.50. The van der Waals surface area contributed by atoms with E-state index in [0.717, 1.165) is 18.4 Å². The van der Waals surface area contributed by atoms with Gasteiger partial charge in [-0.1, -0.05) is 48.5 Å². The molecule has 96 valence electrons. The fourth-order valence-corrected chi connectivity index (χ4v) is 2.15. The van der Waals surface area contributed by atoms with Gasteiger partial charge in [-0.3, -0.25) is 0 Å². The topological polar surface area (TPSA) is 44.0 Å². The van der Waals surface area contributed by atoms with Gasteiger partial charge < -0.3 is 5.11 Å². The summed E-state index contributed by atoms with van der Waals surface area (Å²) in [4.78, 5) is 0. The molecule has 1 atom stereocenters. The van der Waals surface area contributed by atoms with Gasteiger partial charge >= 0.3 is 0 Å². The Kier molecular flexibility index (Phi) is 4.58. The van der Waals surface area contributed by atoms with Gasteiger partial charge in [-0.05, 0) is 36.5 Å². The van der Waals surface area contributed by atoms with Crippen LogP contribution in [0.4, 0.5) is 0 Å². The van der Waals surface area contributed by atoms with Crippen LogP contribution in [0.3, 0.4) is 0 Å². The summed E-state index contributed by atoms with van der Waals surface area (Å²) >= 11 is 0. The summed E-state index contributed by atoms with van der Waals surface area (Å²) < 4.78 is 0. The lowest BCUT2D eigenvalue weighted by atomic mass is 9.94. The average molecular weight is 251 g/mol. The van der Waals surface area contributed by atoms with Crippen molar-refractivity contribution >= 4 is 0 Å². The third kappa shape index (κ3) is 3.86. The van der Waals surface area contributed by atoms with Gasteiger partial charge in [-0.15, -0.1) is 0 Å². The Labute approximate surface area is 114 Å². The molecular formula is C17H17NO. The third-order valence-corrected chi connectivity index (χ3v) is 3.26. The van der Waals surface area contributed by atoms with Gasteiger partial charge in [0, 0.05) is 0 Å². The lowest BCUT2D eigenvalue weighted by molar-refractivity contribution is 0.462. The van der Waals surface area contributed by atoms with Gasteiger partial charge in [-0.2, -0.15) is 5.26 Å². The van der Waals surface area contributed by atoms with E-state index in [2.05, 4.69) is 18.2 Å². The predicted octanol–water partition coefficient (Wildman–Crippen LogP) is 3.71. The van der Waals surface area contributed by atoms with Crippen LogP contribution in [0.1, 0.15) is 17.5 Å². The number of nitrogens with zero attached hydrogens (tertiary/aromatic N) is 1. The van der Waals surface area contributed by atoms with E-state index in [0.29, 0.717) is 6.42 Å². The Morgan fingerprint density at radius 2 is 1.68 bits per heavy atom. The summed E-state index contributed by atoms with van der Waals surface area (Å²) in [7, 11) is 0. The second-order valence-corrected chi connectivity index (χ2v) is 4.68. The molecule has 0 saturated heterocycles. The van der Waals surface area contributed by atoms with E-state index in [1.165, 1.54) is 5.56 Å². The maximum atomic E-state index is 9.73. The van der Waals surface area contributed by atoms with Gasteiger partial charge in [0.05, 0.1) is 12.0 Å². The summed E-state index contributed by atoms with van der Waals surface area (Å²) in [6.07, 6.45) is 2.32. The molecule has 1 N–H and O–H groups in total. The van der Waals surface area contributed by atoms with Crippen LogP contribution in [-0.2, 0) is 12.8 Å². The molecular weight excluding hydrogens is 234 g/mol. The number of nitriles is 1. The van der Waals surface area contributed by atoms with E-state index in [9.17, 15) is 10.4 Å². The lowest BCUT2D eigenvalue weighted by Crippen LogP contribution is -2.04. The van der Waals surface area contributed by atoms with Gasteiger partial charge in [0.1, 0.15) is 5.75 Å². The van der Waals surface area contributed by atoms with Crippen molar-refractivity contribution in [3.63, 3.8) is 0 Å². The highest BCUT2D eigenvalue weighted by molar-refractivity contribution is 5.32. The minimum Gasteiger partial charge on any atom is -0.508 e. The molecule has 0 radical (unpaired) electrons. The molecule has 1 unspecified atom stereocenters. The minimum atomic E-state index is -0.0616. The normalized spacial score (nSPS) is 11.7. The average Bonchev–Trinajstić information content (AvgIpc) is 2.46. The Balaban J connectivity index is 1.95. The molecule has 0 amide bonds. The molecule has 2 rings (SSSR count). The number of hydrogen-bond acceptors (Lipinski definition) is 2. The van der Waals surface area contributed by atoms with Crippen LogP contribution >= 0.6 is 0 Å². The molecule has 0 saturated carbocycles. The highest BCUT2D eigenvalue weighted by Gasteiger charge is 2.11. The van der Waals surface area contributed by atoms with Crippen molar-refractivity contribution < 1.29 is 5.11 Å². The zero-order valence-electron chi connectivity index (χ0n) is 10.8. The van der Waals surface area contributed by atoms with E-state index in [1.54, 1.807) is 12.1 Å². The SMILES string of the molecule is N#CC(CCc1ccccc1)Cc1ccccc1O. The summed E-state index contributed by atoms with van der Waals surface area (Å²) in [6.45, 7) is 0. The maximum absolute atomic E-state index is 9.73. The molecule has 0 aliphatic carbocycles. The molecule has 0 aliphatic heterocycles. The lowest BCUT2D eigenvalue weighted by Gasteiger charge is -2.10. The fraction of sp³-hybridized carbons (Fsp3) is 0.235. The quantitative estimate of drug-likeness (QED) is 0.880. The first-order chi connectivity index (χ1) is 9.29. The van der Waals surface area contributed by atoms with Crippen LogP contribution in [0.25, 0.3) is 0 Å². The summed E-state index contributed by atoms with van der Waals surface area (Å²) in [5, 5.41) is 19.0. The number of aryl methyl sites for hydroxylation is 1. The molecule has 2 aromatic rings. The number of aromatic hydroxyl groups is 1. The molecule has 2 aromatic carbocycles. The van der Waals surface area contributed by atoms with Gasteiger partial charge in [0.15, 0.2) is 0 Å². The number of rotatable bonds is 5. The fourth-order valence-electron chi connectivity index (χ4n) is 2.15. The number of benzene rings is 2. The monoisotopic (exact) mass is 251 g/mol. The van der Waals surface area contributed by atoms with Crippen molar-refractivity contribution in [2.24, 2.45) is 5.92 Å². The van der Waals surface area contributed by atoms with Crippen molar-refractivity contribution in [1.29, 1.82) is 5.26 Å². The first kappa shape index (κ1) is 13.2. The standard InChI is InChI=1S/C17H17NO/c18-13-15(11-10-14-6-2-1-3-7-14)12-16-8-4-5-9-17(16)19/h1-9,15,19H,10-12H2. The Hall–Kier alpha value is -2.27. The van der Waals surface area contributed by atoms with Crippen LogP contribution in [0.2, 0.25) is 0 Å². The summed E-state index contributed by atoms with van der Waals surface area (Å²) in [5.41, 5.74) is 2.10. The number of hydrogen-bond donors (Lipinski definition) is 1. The third-order valence-electron chi connectivity index (χ3n) is 3.26. The number of para-hydroxylation sites is 1. The van der Waals surface area contributed by atoms with Crippen molar-refractivity contribution in [2.45, 2.75) is 19.3 Å². The minimum absolute atomic E-state index is 0.0616. The van der Waals surface area contributed by atoms with Crippen molar-refractivity contribution in [2.75, 3.05) is 0 Å². The van der Waals surface area contributed by atoms with Crippen LogP contribution in [0.5, 0.6) is 5.75 Å². The molecule has 0 aliphatic rings. The Morgan fingerprint density at radius 3 is 2.37 bits per heavy atom. The van der Waals surface area contributed by atoms with E-state index >= 15 is 0 Å². The molecule has 0 bridgehead atoms. The zero-order valence-corrected chi connectivity index (χ0v) is 10.8. The highest BCUT2D eigenvalue weighted by Crippen LogP contribution is 2.21. The molecule has 0 fully saturated rings. The molecule has 0 heterocycles. The molecule has 2 nitrogen and oxygen atoms in total. The van der Waals surface area contributed by atoms with Crippen LogP contribution in [0, 0.1) is 17.2 Å². The van der Waals surface area contributed by atoms with Gasteiger partial charge in [-0.25, -0.2) is 0 Å². The van der Waals surface area contributed by atoms with Crippen molar-refractivity contribution in [1.82, 2.24) is 0 Å². The largest absolute Gasteiger partial charge is 0.508 e. The van der Waals surface area contributed by atoms with Gasteiger partial charge in [0.25, 0.3) is 0 Å². The second-order valence-electron chi connectivity index (χ2n) is 4.68. The smallest absolute Gasteiger partial charge is 0.118 e. The summed E-state index contributed by atoms with van der Waals surface area (Å²) in [5.74, 6) is 0.218. The summed E-state index contributed by atoms with van der Waals surface area (Å²) in [6, 6.07) is 19.7. The molecule has 2 heteroatoms.